The van der Waals surface area contributed by atoms with Crippen LogP contribution in [0.5, 0.6) is 0 Å². The predicted molar refractivity (Wildman–Crippen MR) is 32.1 cm³/mol. The fourth-order valence-corrected chi connectivity index (χ4v) is 0.441. The number of carbonyl (C=O) groups is 1. The van der Waals surface area contributed by atoms with Gasteiger partial charge in [0.1, 0.15) is 6.10 Å². The summed E-state index contributed by atoms with van der Waals surface area (Å²) in [6, 6.07) is 0. The number of nitrogens with two attached hydrogens (primary N) is 1. The Morgan fingerprint density at radius 3 is 2.55 bits per heavy atom. The average Bonchev–Trinajstić information content (AvgIpc) is 1.82. The molecule has 0 saturated carbocycles. The van der Waals surface area contributed by atoms with Crippen LogP contribution in [0, 0.1) is 0 Å². The van der Waals surface area contributed by atoms with Crippen molar-refractivity contribution in [3.63, 3.8) is 0 Å². The van der Waals surface area contributed by atoms with Gasteiger partial charge in [-0.3, -0.25) is 0 Å². The maximum absolute atomic E-state index is 11.3. The van der Waals surface area contributed by atoms with E-state index in [1.54, 1.807) is 0 Å². The number of hydrogen-bond donors (Lipinski definition) is 1. The molecule has 0 spiro atoms. The van der Waals surface area contributed by atoms with Crippen molar-refractivity contribution in [2.45, 2.75) is 19.6 Å². The van der Waals surface area contributed by atoms with E-state index in [4.69, 9.17) is 0 Å². The lowest BCUT2D eigenvalue weighted by atomic mass is 10.4. The van der Waals surface area contributed by atoms with Crippen molar-refractivity contribution in [1.29, 1.82) is 0 Å². The third-order valence-corrected chi connectivity index (χ3v) is 0.774. The summed E-state index contributed by atoms with van der Waals surface area (Å²) in [6.45, 7) is -1.82. The van der Waals surface area contributed by atoms with E-state index in [1.165, 1.54) is 6.92 Å². The van der Waals surface area contributed by atoms with Crippen LogP contribution in [-0.4, -0.2) is 25.4 Å². The topological polar surface area (TPSA) is 61.6 Å². The number of alkyl halides is 2. The molecule has 0 aliphatic rings. The van der Waals surface area contributed by atoms with Gasteiger partial charge in [-0.05, 0) is 6.92 Å². The minimum absolute atomic E-state index is 0.361. The van der Waals surface area contributed by atoms with Gasteiger partial charge in [0.15, 0.2) is 0 Å². The van der Waals surface area contributed by atoms with Gasteiger partial charge >= 0.3 is 12.7 Å². The molecule has 11 heavy (non-hydrogen) atoms. The van der Waals surface area contributed by atoms with Gasteiger partial charge in [-0.15, -0.1) is 0 Å². The molecule has 1 atom stereocenters. The van der Waals surface area contributed by atoms with Gasteiger partial charge in [0, 0.05) is 0 Å². The Bertz CT molecular complexity index is 131. The highest BCUT2D eigenvalue weighted by Gasteiger charge is 2.09. The molecule has 0 aromatic heterocycles. The number of rotatable bonds is 4. The quantitative estimate of drug-likeness (QED) is 0.674. The summed E-state index contributed by atoms with van der Waals surface area (Å²) in [5, 5.41) is 0. The number of amides is 1. The fourth-order valence-electron chi connectivity index (χ4n) is 0.441. The lowest BCUT2D eigenvalue weighted by Gasteiger charge is -2.10. The van der Waals surface area contributed by atoms with E-state index < -0.39 is 18.8 Å². The Balaban J connectivity index is 3.37. The van der Waals surface area contributed by atoms with E-state index in [1.807, 2.05) is 0 Å². The first-order chi connectivity index (χ1) is 5.02. The molecule has 6 heteroatoms. The monoisotopic (exact) mass is 169 g/mol. The number of halogens is 2. The zero-order chi connectivity index (χ0) is 8.85. The SMILES string of the molecule is C[C@@H](COC(F)F)OC(N)=O. The van der Waals surface area contributed by atoms with Crippen LogP contribution in [0.1, 0.15) is 6.92 Å². The lowest BCUT2D eigenvalue weighted by molar-refractivity contribution is -0.145. The van der Waals surface area contributed by atoms with Crippen LogP contribution in [-0.2, 0) is 9.47 Å². The number of ether oxygens (including phenoxy) is 2. The molecule has 0 aliphatic carbocycles. The van der Waals surface area contributed by atoms with Crippen molar-refractivity contribution in [1.82, 2.24) is 0 Å². The number of carbonyl (C=O) groups excluding carboxylic acids is 1. The number of primary amides is 1. The predicted octanol–water partition coefficient (Wildman–Crippen LogP) is 0.709. The maximum Gasteiger partial charge on any atom is 0.404 e. The average molecular weight is 169 g/mol. The van der Waals surface area contributed by atoms with Gasteiger partial charge in [0.25, 0.3) is 0 Å². The first-order valence-electron chi connectivity index (χ1n) is 2.88. The van der Waals surface area contributed by atoms with Crippen molar-refractivity contribution in [2.24, 2.45) is 5.73 Å². The van der Waals surface area contributed by atoms with Gasteiger partial charge in [-0.2, -0.15) is 8.78 Å². The van der Waals surface area contributed by atoms with Gasteiger partial charge in [-0.25, -0.2) is 4.79 Å². The molecule has 0 saturated heterocycles. The highest BCUT2D eigenvalue weighted by Crippen LogP contribution is 1.98. The van der Waals surface area contributed by atoms with Gasteiger partial charge in [0.05, 0.1) is 6.61 Å². The molecule has 0 heterocycles. The Morgan fingerprint density at radius 2 is 2.18 bits per heavy atom. The Hall–Kier alpha value is -0.910. The number of hydrogen-bond acceptors (Lipinski definition) is 3. The molecule has 0 bridgehead atoms. The first-order valence-corrected chi connectivity index (χ1v) is 2.88. The van der Waals surface area contributed by atoms with Crippen LogP contribution in [0.25, 0.3) is 0 Å². The van der Waals surface area contributed by atoms with Crippen LogP contribution < -0.4 is 5.73 Å². The van der Waals surface area contributed by atoms with Crippen molar-refractivity contribution in [2.75, 3.05) is 6.61 Å². The van der Waals surface area contributed by atoms with E-state index in [0.717, 1.165) is 0 Å². The van der Waals surface area contributed by atoms with Crippen LogP contribution in [0.4, 0.5) is 13.6 Å². The van der Waals surface area contributed by atoms with Gasteiger partial charge in [0.2, 0.25) is 0 Å². The van der Waals surface area contributed by atoms with Crippen molar-refractivity contribution < 1.29 is 23.0 Å². The summed E-state index contributed by atoms with van der Waals surface area (Å²) in [6.07, 6.45) is -1.75. The molecule has 66 valence electrons. The largest absolute Gasteiger partial charge is 0.444 e. The van der Waals surface area contributed by atoms with Crippen LogP contribution in [0.3, 0.4) is 0 Å². The van der Waals surface area contributed by atoms with E-state index in [9.17, 15) is 13.6 Å². The molecular weight excluding hydrogens is 160 g/mol. The molecule has 1 amide bonds. The Morgan fingerprint density at radius 1 is 1.64 bits per heavy atom. The van der Waals surface area contributed by atoms with Crippen LogP contribution in [0.2, 0.25) is 0 Å². The van der Waals surface area contributed by atoms with Crippen molar-refractivity contribution in [3.8, 4) is 0 Å². The zero-order valence-electron chi connectivity index (χ0n) is 5.92. The third kappa shape index (κ3) is 6.98. The summed E-state index contributed by atoms with van der Waals surface area (Å²) in [5.74, 6) is 0. The molecule has 0 radical (unpaired) electrons. The second-order valence-electron chi connectivity index (χ2n) is 1.84. The fraction of sp³-hybridized carbons (Fsp3) is 0.800. The second-order valence-corrected chi connectivity index (χ2v) is 1.84. The molecule has 4 nitrogen and oxygen atoms in total. The Kier molecular flexibility index (Phi) is 4.44. The second kappa shape index (κ2) is 4.84. The molecule has 2 N–H and O–H groups in total. The van der Waals surface area contributed by atoms with Crippen LogP contribution >= 0.6 is 0 Å². The molecule has 0 rings (SSSR count). The summed E-state index contributed by atoms with van der Waals surface area (Å²) in [4.78, 5) is 10.0. The summed E-state index contributed by atoms with van der Waals surface area (Å²) < 4.78 is 30.8. The minimum Gasteiger partial charge on any atom is -0.444 e. The highest BCUT2D eigenvalue weighted by atomic mass is 19.3. The van der Waals surface area contributed by atoms with E-state index in [0.29, 0.717) is 0 Å². The van der Waals surface area contributed by atoms with E-state index in [-0.39, 0.29) is 6.61 Å². The summed E-state index contributed by atoms with van der Waals surface area (Å²) in [5.41, 5.74) is 4.60. The van der Waals surface area contributed by atoms with Crippen molar-refractivity contribution in [3.05, 3.63) is 0 Å². The zero-order valence-corrected chi connectivity index (χ0v) is 5.92. The molecule has 0 fully saturated rings. The van der Waals surface area contributed by atoms with Gasteiger partial charge in [-0.1, -0.05) is 0 Å². The Labute approximate surface area is 62.3 Å². The standard InChI is InChI=1S/C5H9F2NO3/c1-3(11-5(8)9)2-10-4(6)7/h3-4H,2H2,1H3,(H2,8,9)/t3-/m0/s1. The normalized spacial score (nSPS) is 13.1. The smallest absolute Gasteiger partial charge is 0.404 e. The molecule has 0 unspecified atom stereocenters. The highest BCUT2D eigenvalue weighted by molar-refractivity contribution is 5.64. The lowest BCUT2D eigenvalue weighted by Crippen LogP contribution is -2.25. The van der Waals surface area contributed by atoms with E-state index in [2.05, 4.69) is 15.2 Å². The molecule has 0 aromatic carbocycles. The van der Waals surface area contributed by atoms with Crippen molar-refractivity contribution >= 4 is 6.09 Å². The molecule has 0 aromatic rings. The van der Waals surface area contributed by atoms with Crippen LogP contribution in [0.15, 0.2) is 0 Å². The maximum atomic E-state index is 11.3. The van der Waals surface area contributed by atoms with Gasteiger partial charge < -0.3 is 15.2 Å². The summed E-state index contributed by atoms with van der Waals surface area (Å²) >= 11 is 0. The summed E-state index contributed by atoms with van der Waals surface area (Å²) in [7, 11) is 0. The van der Waals surface area contributed by atoms with E-state index >= 15 is 0 Å². The third-order valence-electron chi connectivity index (χ3n) is 0.774. The molecular formula is C5H9F2NO3. The minimum atomic E-state index is -2.85. The first kappa shape index (κ1) is 10.1. The molecule has 0 aliphatic heterocycles.